The van der Waals surface area contributed by atoms with Crippen LogP contribution in [0.25, 0.3) is 11.2 Å². The monoisotopic (exact) mass is 347 g/mol. The number of fused-ring (bicyclic) bond motifs is 1. The van der Waals surface area contributed by atoms with Crippen LogP contribution in [0.5, 0.6) is 0 Å². The van der Waals surface area contributed by atoms with E-state index in [0.717, 1.165) is 11.3 Å². The van der Waals surface area contributed by atoms with Crippen LogP contribution >= 0.6 is 0 Å². The van der Waals surface area contributed by atoms with E-state index in [1.54, 1.807) is 24.4 Å². The minimum Gasteiger partial charge on any atom is -0.339 e. The highest BCUT2D eigenvalue weighted by molar-refractivity contribution is 5.89. The molecule has 0 aliphatic heterocycles. The SMILES string of the molecule is CCNC(=O)Nc1ccc2ncc(Nc3ccc(C)c(C#N)c3)nc2n1. The maximum absolute atomic E-state index is 11.6. The molecule has 1 aromatic carbocycles. The number of carbonyl (C=O) groups is 1. The highest BCUT2D eigenvalue weighted by atomic mass is 16.2. The van der Waals surface area contributed by atoms with Gasteiger partial charge in [0.15, 0.2) is 11.5 Å². The Morgan fingerprint density at radius 1 is 1.19 bits per heavy atom. The molecule has 3 N–H and O–H groups in total. The number of nitriles is 1. The van der Waals surface area contributed by atoms with E-state index in [0.29, 0.717) is 34.9 Å². The normalized spacial score (nSPS) is 10.2. The van der Waals surface area contributed by atoms with E-state index in [2.05, 4.69) is 37.0 Å². The van der Waals surface area contributed by atoms with E-state index in [1.165, 1.54) is 0 Å². The summed E-state index contributed by atoms with van der Waals surface area (Å²) in [5.74, 6) is 0.880. The number of aryl methyl sites for hydroxylation is 1. The average Bonchev–Trinajstić information content (AvgIpc) is 2.63. The minimum atomic E-state index is -0.328. The molecule has 0 unspecified atom stereocenters. The lowest BCUT2D eigenvalue weighted by Crippen LogP contribution is -2.28. The van der Waals surface area contributed by atoms with Crippen molar-refractivity contribution in [3.8, 4) is 6.07 Å². The van der Waals surface area contributed by atoms with E-state index < -0.39 is 0 Å². The minimum absolute atomic E-state index is 0.328. The van der Waals surface area contributed by atoms with Crippen molar-refractivity contribution in [2.75, 3.05) is 17.2 Å². The number of rotatable bonds is 4. The summed E-state index contributed by atoms with van der Waals surface area (Å²) >= 11 is 0. The Balaban J connectivity index is 1.86. The Morgan fingerprint density at radius 2 is 2.00 bits per heavy atom. The van der Waals surface area contributed by atoms with E-state index in [1.807, 2.05) is 26.0 Å². The van der Waals surface area contributed by atoms with Crippen LogP contribution < -0.4 is 16.0 Å². The quantitative estimate of drug-likeness (QED) is 0.668. The molecule has 0 fully saturated rings. The average molecular weight is 347 g/mol. The van der Waals surface area contributed by atoms with Crippen LogP contribution in [0.2, 0.25) is 0 Å². The zero-order chi connectivity index (χ0) is 18.5. The molecule has 3 rings (SSSR count). The van der Waals surface area contributed by atoms with Crippen molar-refractivity contribution in [1.82, 2.24) is 20.3 Å². The first kappa shape index (κ1) is 17.1. The van der Waals surface area contributed by atoms with Gasteiger partial charge in [-0.3, -0.25) is 5.32 Å². The van der Waals surface area contributed by atoms with Crippen LogP contribution in [0.1, 0.15) is 18.1 Å². The summed E-state index contributed by atoms with van der Waals surface area (Å²) < 4.78 is 0. The number of anilines is 3. The van der Waals surface area contributed by atoms with Crippen molar-refractivity contribution in [2.45, 2.75) is 13.8 Å². The molecule has 2 amide bonds. The molecule has 0 saturated carbocycles. The maximum atomic E-state index is 11.6. The van der Waals surface area contributed by atoms with Crippen LogP contribution in [0.3, 0.4) is 0 Å². The number of amides is 2. The molecule has 0 bridgehead atoms. The van der Waals surface area contributed by atoms with E-state index in [4.69, 9.17) is 5.26 Å². The van der Waals surface area contributed by atoms with Gasteiger partial charge in [-0.25, -0.2) is 19.7 Å². The lowest BCUT2D eigenvalue weighted by atomic mass is 10.1. The van der Waals surface area contributed by atoms with Gasteiger partial charge in [0.05, 0.1) is 17.8 Å². The van der Waals surface area contributed by atoms with Gasteiger partial charge in [0, 0.05) is 12.2 Å². The van der Waals surface area contributed by atoms with Gasteiger partial charge < -0.3 is 10.6 Å². The molecule has 0 radical (unpaired) electrons. The van der Waals surface area contributed by atoms with E-state index in [-0.39, 0.29) is 6.03 Å². The van der Waals surface area contributed by atoms with Gasteiger partial charge in [-0.1, -0.05) is 6.07 Å². The molecule has 0 aliphatic rings. The van der Waals surface area contributed by atoms with Gasteiger partial charge in [0.2, 0.25) is 0 Å². The molecule has 0 aliphatic carbocycles. The number of aromatic nitrogens is 3. The molecule has 26 heavy (non-hydrogen) atoms. The number of nitrogens with one attached hydrogen (secondary N) is 3. The molecule has 0 spiro atoms. The fourth-order valence-electron chi connectivity index (χ4n) is 2.32. The Morgan fingerprint density at radius 3 is 2.77 bits per heavy atom. The molecule has 8 heteroatoms. The molecular weight excluding hydrogens is 330 g/mol. The zero-order valence-corrected chi connectivity index (χ0v) is 14.4. The fraction of sp³-hybridized carbons (Fsp3) is 0.167. The summed E-state index contributed by atoms with van der Waals surface area (Å²) in [6.45, 7) is 4.24. The van der Waals surface area contributed by atoms with Gasteiger partial charge in [-0.2, -0.15) is 5.26 Å². The first-order valence-electron chi connectivity index (χ1n) is 8.05. The van der Waals surface area contributed by atoms with Crippen molar-refractivity contribution in [3.63, 3.8) is 0 Å². The predicted molar refractivity (Wildman–Crippen MR) is 99.2 cm³/mol. The second kappa shape index (κ2) is 7.44. The Kier molecular flexibility index (Phi) is 4.90. The lowest BCUT2D eigenvalue weighted by Gasteiger charge is -2.08. The number of hydrogen-bond donors (Lipinski definition) is 3. The van der Waals surface area contributed by atoms with Gasteiger partial charge in [-0.15, -0.1) is 0 Å². The third kappa shape index (κ3) is 3.84. The number of benzene rings is 1. The smallest absolute Gasteiger partial charge is 0.320 e. The van der Waals surface area contributed by atoms with E-state index in [9.17, 15) is 4.79 Å². The first-order valence-corrected chi connectivity index (χ1v) is 8.05. The van der Waals surface area contributed by atoms with Gasteiger partial charge >= 0.3 is 6.03 Å². The molecule has 3 aromatic rings. The summed E-state index contributed by atoms with van der Waals surface area (Å²) in [4.78, 5) is 24.7. The van der Waals surface area contributed by atoms with Crippen molar-refractivity contribution in [1.29, 1.82) is 5.26 Å². The van der Waals surface area contributed by atoms with Crippen molar-refractivity contribution >= 4 is 34.5 Å². The summed E-state index contributed by atoms with van der Waals surface area (Å²) in [7, 11) is 0. The van der Waals surface area contributed by atoms with Crippen LogP contribution in [0.4, 0.5) is 22.1 Å². The third-order valence-corrected chi connectivity index (χ3v) is 3.62. The molecule has 0 atom stereocenters. The standard InChI is InChI=1S/C18H17N7O/c1-3-20-18(26)25-15-7-6-14-17(23-15)24-16(10-21-14)22-13-5-4-11(2)12(8-13)9-19/h4-8,10H,3H2,1-2H3,(H3,20,22,23,24,25,26). The summed E-state index contributed by atoms with van der Waals surface area (Å²) in [6, 6.07) is 10.7. The lowest BCUT2D eigenvalue weighted by molar-refractivity contribution is 0.252. The summed E-state index contributed by atoms with van der Waals surface area (Å²) in [5.41, 5.74) is 3.24. The maximum Gasteiger partial charge on any atom is 0.320 e. The van der Waals surface area contributed by atoms with Crippen LogP contribution in [0, 0.1) is 18.3 Å². The van der Waals surface area contributed by atoms with Crippen LogP contribution in [-0.4, -0.2) is 27.5 Å². The van der Waals surface area contributed by atoms with Crippen LogP contribution in [0.15, 0.2) is 36.5 Å². The molecule has 8 nitrogen and oxygen atoms in total. The summed E-state index contributed by atoms with van der Waals surface area (Å²) in [6.07, 6.45) is 1.59. The molecule has 2 aromatic heterocycles. The topological polar surface area (TPSA) is 116 Å². The highest BCUT2D eigenvalue weighted by Crippen LogP contribution is 2.20. The van der Waals surface area contributed by atoms with Crippen LogP contribution in [-0.2, 0) is 0 Å². The number of carbonyl (C=O) groups excluding carboxylic acids is 1. The second-order valence-electron chi connectivity index (χ2n) is 5.55. The Labute approximate surface area is 150 Å². The molecule has 2 heterocycles. The number of pyridine rings is 1. The third-order valence-electron chi connectivity index (χ3n) is 3.62. The highest BCUT2D eigenvalue weighted by Gasteiger charge is 2.07. The Hall–Kier alpha value is -3.73. The Bertz CT molecular complexity index is 1010. The fourth-order valence-corrected chi connectivity index (χ4v) is 2.32. The largest absolute Gasteiger partial charge is 0.339 e. The molecule has 130 valence electrons. The van der Waals surface area contributed by atoms with Crippen molar-refractivity contribution in [3.05, 3.63) is 47.7 Å². The van der Waals surface area contributed by atoms with Crippen molar-refractivity contribution < 1.29 is 4.79 Å². The first-order chi connectivity index (χ1) is 12.6. The van der Waals surface area contributed by atoms with Crippen molar-refractivity contribution in [2.24, 2.45) is 0 Å². The van der Waals surface area contributed by atoms with Gasteiger partial charge in [-0.05, 0) is 43.7 Å². The number of hydrogen-bond acceptors (Lipinski definition) is 6. The predicted octanol–water partition coefficient (Wildman–Crippen LogP) is 3.09. The number of nitrogens with zero attached hydrogens (tertiary/aromatic N) is 4. The molecular formula is C18H17N7O. The number of urea groups is 1. The molecule has 0 saturated heterocycles. The van der Waals surface area contributed by atoms with Gasteiger partial charge in [0.1, 0.15) is 11.3 Å². The van der Waals surface area contributed by atoms with Gasteiger partial charge in [0.25, 0.3) is 0 Å². The second-order valence-corrected chi connectivity index (χ2v) is 5.55. The van der Waals surface area contributed by atoms with E-state index >= 15 is 0 Å². The zero-order valence-electron chi connectivity index (χ0n) is 14.4. The summed E-state index contributed by atoms with van der Waals surface area (Å²) in [5, 5.41) is 17.5.